The predicted molar refractivity (Wildman–Crippen MR) is 265 cm³/mol. The smallest absolute Gasteiger partial charge is 0.165 e. The molecule has 0 unspecified atom stereocenters. The summed E-state index contributed by atoms with van der Waals surface area (Å²) in [6.07, 6.45) is 0. The first kappa shape index (κ1) is 36.0. The Morgan fingerprint density at radius 3 is 1.26 bits per heavy atom. The van der Waals surface area contributed by atoms with E-state index in [-0.39, 0.29) is 0 Å². The van der Waals surface area contributed by atoms with E-state index in [4.69, 9.17) is 15.0 Å². The van der Waals surface area contributed by atoms with E-state index in [1.807, 2.05) is 12.1 Å². The summed E-state index contributed by atoms with van der Waals surface area (Å²) in [5.74, 6) is 1.94. The normalized spacial score (nSPS) is 13.0. The summed E-state index contributed by atoms with van der Waals surface area (Å²) >= 11 is 0. The lowest BCUT2D eigenvalue weighted by molar-refractivity contribution is 0.794. The van der Waals surface area contributed by atoms with E-state index < -0.39 is 5.41 Å². The van der Waals surface area contributed by atoms with Gasteiger partial charge in [-0.2, -0.15) is 0 Å². The Kier molecular flexibility index (Phi) is 7.61. The molecule has 300 valence electrons. The quantitative estimate of drug-likeness (QED) is 0.174. The molecule has 14 rings (SSSR count). The van der Waals surface area contributed by atoms with Gasteiger partial charge in [-0.05, 0) is 112 Å². The zero-order valence-electron chi connectivity index (χ0n) is 35.2. The number of hydrogen-bond acceptors (Lipinski definition) is 3. The van der Waals surface area contributed by atoms with Gasteiger partial charge < -0.3 is 0 Å². The third-order valence-electron chi connectivity index (χ3n) is 14.1. The molecule has 0 saturated heterocycles. The Balaban J connectivity index is 1.21. The van der Waals surface area contributed by atoms with Crippen molar-refractivity contribution >= 4 is 10.8 Å². The maximum atomic E-state index is 5.58. The largest absolute Gasteiger partial charge is 0.208 e. The summed E-state index contributed by atoms with van der Waals surface area (Å²) in [6, 6.07) is 81.7. The van der Waals surface area contributed by atoms with Gasteiger partial charge in [-0.25, -0.2) is 15.0 Å². The second-order valence-electron chi connectivity index (χ2n) is 17.4. The molecule has 0 radical (unpaired) electrons. The number of hydrogen-bond donors (Lipinski definition) is 0. The molecule has 3 nitrogen and oxygen atoms in total. The molecule has 0 amide bonds. The van der Waals surface area contributed by atoms with Gasteiger partial charge in [0.25, 0.3) is 0 Å². The fourth-order valence-corrected chi connectivity index (χ4v) is 11.5. The van der Waals surface area contributed by atoms with Crippen molar-refractivity contribution in [2.75, 3.05) is 0 Å². The van der Waals surface area contributed by atoms with Crippen molar-refractivity contribution in [1.82, 2.24) is 15.0 Å². The molecule has 3 aliphatic rings. The Hall–Kier alpha value is -8.53. The maximum absolute atomic E-state index is 5.58. The van der Waals surface area contributed by atoms with E-state index in [1.165, 1.54) is 88.7 Å². The third kappa shape index (κ3) is 5.04. The molecule has 0 N–H and O–H groups in total. The molecule has 11 aromatic rings. The van der Waals surface area contributed by atoms with E-state index in [2.05, 4.69) is 212 Å². The minimum Gasteiger partial charge on any atom is -0.208 e. The molecule has 3 heteroatoms. The van der Waals surface area contributed by atoms with Crippen LogP contribution in [0.3, 0.4) is 0 Å². The summed E-state index contributed by atoms with van der Waals surface area (Å²) in [7, 11) is 0. The van der Waals surface area contributed by atoms with Crippen molar-refractivity contribution in [3.8, 4) is 101 Å². The first-order chi connectivity index (χ1) is 32.3. The molecule has 65 heavy (non-hydrogen) atoms. The van der Waals surface area contributed by atoms with Gasteiger partial charge in [0.1, 0.15) is 0 Å². The Morgan fingerprint density at radius 1 is 0.246 bits per heavy atom. The minimum absolute atomic E-state index is 0.642. The third-order valence-corrected chi connectivity index (χ3v) is 14.1. The molecular formula is C62H37N3. The molecule has 1 heterocycles. The number of aromatic nitrogens is 3. The van der Waals surface area contributed by atoms with Crippen LogP contribution in [0.5, 0.6) is 0 Å². The summed E-state index contributed by atoms with van der Waals surface area (Å²) in [5, 5.41) is 2.49. The fourth-order valence-electron chi connectivity index (χ4n) is 11.5. The van der Waals surface area contributed by atoms with Gasteiger partial charge in [-0.1, -0.05) is 206 Å². The van der Waals surface area contributed by atoms with Crippen LogP contribution in [0.1, 0.15) is 22.3 Å². The van der Waals surface area contributed by atoms with E-state index in [9.17, 15) is 0 Å². The zero-order chi connectivity index (χ0) is 42.6. The summed E-state index contributed by atoms with van der Waals surface area (Å²) in [6.45, 7) is 0. The molecular weight excluding hydrogens is 787 g/mol. The Bertz CT molecular complexity index is 3640. The molecule has 1 aromatic heterocycles. The molecule has 1 spiro atoms. The topological polar surface area (TPSA) is 38.7 Å². The predicted octanol–water partition coefficient (Wildman–Crippen LogP) is 15.4. The minimum atomic E-state index is -0.652. The van der Waals surface area contributed by atoms with Crippen molar-refractivity contribution in [2.45, 2.75) is 5.41 Å². The highest BCUT2D eigenvalue weighted by atomic mass is 15.0. The summed E-state index contributed by atoms with van der Waals surface area (Å²) in [5.41, 5.74) is 21.8. The van der Waals surface area contributed by atoms with E-state index in [0.29, 0.717) is 17.5 Å². The van der Waals surface area contributed by atoms with E-state index in [0.717, 1.165) is 27.8 Å². The average molecular weight is 824 g/mol. The van der Waals surface area contributed by atoms with Crippen LogP contribution in [-0.4, -0.2) is 15.0 Å². The number of fused-ring (bicyclic) bond motifs is 13. The van der Waals surface area contributed by atoms with Gasteiger partial charge in [0, 0.05) is 22.3 Å². The van der Waals surface area contributed by atoms with Crippen LogP contribution in [0, 0.1) is 0 Å². The second kappa shape index (κ2) is 13.7. The van der Waals surface area contributed by atoms with E-state index in [1.54, 1.807) is 0 Å². The van der Waals surface area contributed by atoms with Gasteiger partial charge in [0.05, 0.1) is 5.41 Å². The SMILES string of the molecule is c1ccc(-c2nc(-c3ccccc3)nc(-c3c4c(cc5c3-c3cc(-c6ccccc6)c(-c6ccccc6)cc3C53c5ccccc5-c5ccccc53)-c3cccc5cccc-4c35)n2)cc1. The lowest BCUT2D eigenvalue weighted by Crippen LogP contribution is -2.26. The fraction of sp³-hybridized carbons (Fsp3) is 0.0161. The van der Waals surface area contributed by atoms with Gasteiger partial charge >= 0.3 is 0 Å². The van der Waals surface area contributed by atoms with Crippen LogP contribution in [0.4, 0.5) is 0 Å². The molecule has 3 aliphatic carbocycles. The van der Waals surface area contributed by atoms with Crippen molar-refractivity contribution in [2.24, 2.45) is 0 Å². The van der Waals surface area contributed by atoms with Gasteiger partial charge in [0.15, 0.2) is 17.5 Å². The maximum Gasteiger partial charge on any atom is 0.165 e. The van der Waals surface area contributed by atoms with Crippen LogP contribution >= 0.6 is 0 Å². The van der Waals surface area contributed by atoms with Gasteiger partial charge in [-0.3, -0.25) is 0 Å². The first-order valence-electron chi connectivity index (χ1n) is 22.4. The number of rotatable bonds is 5. The first-order valence-corrected chi connectivity index (χ1v) is 22.4. The second-order valence-corrected chi connectivity index (χ2v) is 17.4. The number of benzene rings is 10. The highest BCUT2D eigenvalue weighted by Crippen LogP contribution is 2.67. The van der Waals surface area contributed by atoms with Crippen LogP contribution in [0.15, 0.2) is 224 Å². The molecule has 0 aliphatic heterocycles. The molecule has 0 saturated carbocycles. The van der Waals surface area contributed by atoms with Crippen LogP contribution < -0.4 is 0 Å². The highest BCUT2D eigenvalue weighted by Gasteiger charge is 2.54. The van der Waals surface area contributed by atoms with Gasteiger partial charge in [-0.15, -0.1) is 0 Å². The Labute approximate surface area is 377 Å². The van der Waals surface area contributed by atoms with Crippen LogP contribution in [-0.2, 0) is 5.41 Å². The lowest BCUT2D eigenvalue weighted by Gasteiger charge is -2.31. The highest BCUT2D eigenvalue weighted by molar-refractivity contribution is 6.21. The van der Waals surface area contributed by atoms with Crippen molar-refractivity contribution in [3.63, 3.8) is 0 Å². The van der Waals surface area contributed by atoms with Crippen molar-refractivity contribution in [3.05, 3.63) is 247 Å². The summed E-state index contributed by atoms with van der Waals surface area (Å²) in [4.78, 5) is 16.4. The Morgan fingerprint density at radius 2 is 0.692 bits per heavy atom. The molecule has 0 fully saturated rings. The average Bonchev–Trinajstić information content (AvgIpc) is 3.98. The van der Waals surface area contributed by atoms with Gasteiger partial charge in [0.2, 0.25) is 0 Å². The zero-order valence-corrected chi connectivity index (χ0v) is 35.2. The summed E-state index contributed by atoms with van der Waals surface area (Å²) < 4.78 is 0. The van der Waals surface area contributed by atoms with Crippen molar-refractivity contribution in [1.29, 1.82) is 0 Å². The monoisotopic (exact) mass is 823 g/mol. The molecule has 0 bridgehead atoms. The van der Waals surface area contributed by atoms with Crippen molar-refractivity contribution < 1.29 is 0 Å². The standard InChI is InChI=1S/C62H37N3/c1-5-19-38(20-6-1)47-35-50-53(36-48(47)39-21-7-2-8-22-39)62(51-33-15-13-29-43(51)44-30-14-16-34-52(44)62)54-37-49-45-31-17-27-40-28-18-32-46(55(40)45)56(49)58(57(50)54)61-64-59(41-23-9-3-10-24-41)63-60(65-61)42-25-11-4-12-26-42/h1-37H. The molecule has 10 aromatic carbocycles. The van der Waals surface area contributed by atoms with Crippen LogP contribution in [0.2, 0.25) is 0 Å². The van der Waals surface area contributed by atoms with Crippen LogP contribution in [0.25, 0.3) is 112 Å². The molecule has 0 atom stereocenters. The lowest BCUT2D eigenvalue weighted by atomic mass is 9.69. The number of nitrogens with zero attached hydrogens (tertiary/aromatic N) is 3. The van der Waals surface area contributed by atoms with E-state index >= 15 is 0 Å².